The molecule has 0 aromatic heterocycles. The second-order valence-electron chi connectivity index (χ2n) is 11.6. The smallest absolute Gasteiger partial charge is 0.412 e. The third-order valence-corrected chi connectivity index (χ3v) is 8.49. The molecule has 3 aromatic carbocycles. The number of hydrogen-bond donors (Lipinski definition) is 2. The highest BCUT2D eigenvalue weighted by Gasteiger charge is 2.28. The van der Waals surface area contributed by atoms with E-state index >= 15 is 0 Å². The second-order valence-corrected chi connectivity index (χ2v) is 11.6. The summed E-state index contributed by atoms with van der Waals surface area (Å²) in [6.45, 7) is 4.29. The minimum absolute atomic E-state index is 0.108. The van der Waals surface area contributed by atoms with Crippen molar-refractivity contribution in [1.29, 1.82) is 0 Å². The number of ether oxygens (including phenoxy) is 2. The van der Waals surface area contributed by atoms with E-state index in [9.17, 15) is 9.59 Å². The number of nitrogens with zero attached hydrogens (tertiary/aromatic N) is 3. The van der Waals surface area contributed by atoms with Crippen LogP contribution in [0.4, 0.5) is 21.0 Å². The molecule has 43 heavy (non-hydrogen) atoms. The Hall–Kier alpha value is -4.08. The molecule has 2 aliphatic rings. The van der Waals surface area contributed by atoms with E-state index in [0.29, 0.717) is 12.2 Å². The number of amides is 2. The highest BCUT2D eigenvalue weighted by Crippen LogP contribution is 2.33. The number of methoxy groups -OCH3 is 1. The van der Waals surface area contributed by atoms with Gasteiger partial charge in [-0.25, -0.2) is 9.59 Å². The largest absolute Gasteiger partial charge is 0.453 e. The number of likely N-dealkylation sites (N-methyl/N-ethyl adjacent to an activating group) is 1. The van der Waals surface area contributed by atoms with Crippen molar-refractivity contribution >= 4 is 23.6 Å². The summed E-state index contributed by atoms with van der Waals surface area (Å²) in [4.78, 5) is 32.1. The first kappa shape index (κ1) is 30.4. The molecule has 3 N–H and O–H groups in total. The van der Waals surface area contributed by atoms with Crippen LogP contribution in [0.3, 0.4) is 0 Å². The van der Waals surface area contributed by atoms with E-state index in [1.165, 1.54) is 7.11 Å². The average Bonchev–Trinajstić information content (AvgIpc) is 3.04. The lowest BCUT2D eigenvalue weighted by Crippen LogP contribution is -2.44. The summed E-state index contributed by atoms with van der Waals surface area (Å²) in [5, 5.41) is 3.02. The van der Waals surface area contributed by atoms with Crippen molar-refractivity contribution in [3.05, 3.63) is 83.9 Å². The van der Waals surface area contributed by atoms with Gasteiger partial charge < -0.3 is 29.9 Å². The van der Waals surface area contributed by atoms with Crippen molar-refractivity contribution in [3.63, 3.8) is 0 Å². The van der Waals surface area contributed by atoms with Crippen molar-refractivity contribution in [2.75, 3.05) is 50.6 Å². The molecule has 0 bridgehead atoms. The molecule has 1 aliphatic carbocycles. The number of anilines is 2. The molecule has 0 atom stereocenters. The molecule has 1 aliphatic heterocycles. The Morgan fingerprint density at radius 2 is 1.58 bits per heavy atom. The van der Waals surface area contributed by atoms with Gasteiger partial charge in [-0.15, -0.1) is 0 Å². The van der Waals surface area contributed by atoms with Crippen LogP contribution < -0.4 is 16.0 Å². The van der Waals surface area contributed by atoms with Crippen LogP contribution in [-0.4, -0.2) is 74.4 Å². The summed E-state index contributed by atoms with van der Waals surface area (Å²) in [6.07, 6.45) is 2.75. The second kappa shape index (κ2) is 14.4. The van der Waals surface area contributed by atoms with Crippen LogP contribution in [0.5, 0.6) is 0 Å². The van der Waals surface area contributed by atoms with E-state index in [0.717, 1.165) is 79.8 Å². The maximum Gasteiger partial charge on any atom is 0.412 e. The van der Waals surface area contributed by atoms with Gasteiger partial charge in [0.25, 0.3) is 0 Å². The molecule has 9 heteroatoms. The Bertz CT molecular complexity index is 1370. The van der Waals surface area contributed by atoms with Crippen LogP contribution >= 0.6 is 0 Å². The maximum atomic E-state index is 12.9. The summed E-state index contributed by atoms with van der Waals surface area (Å²) < 4.78 is 10.7. The molecule has 0 spiro atoms. The molecule has 5 rings (SSSR count). The van der Waals surface area contributed by atoms with Gasteiger partial charge in [-0.05, 0) is 73.2 Å². The van der Waals surface area contributed by atoms with Gasteiger partial charge in [0.05, 0.1) is 18.5 Å². The predicted molar refractivity (Wildman–Crippen MR) is 170 cm³/mol. The third kappa shape index (κ3) is 8.06. The van der Waals surface area contributed by atoms with Crippen LogP contribution in [0.2, 0.25) is 0 Å². The lowest BCUT2D eigenvalue weighted by molar-refractivity contribution is 0.0879. The van der Waals surface area contributed by atoms with Crippen LogP contribution in [0.25, 0.3) is 11.1 Å². The quantitative estimate of drug-likeness (QED) is 0.350. The molecular weight excluding hydrogens is 542 g/mol. The van der Waals surface area contributed by atoms with E-state index < -0.39 is 6.09 Å². The topological polar surface area (TPSA) is 100 Å². The minimum Gasteiger partial charge on any atom is -0.453 e. The molecule has 228 valence electrons. The first-order valence-corrected chi connectivity index (χ1v) is 15.1. The fourth-order valence-corrected chi connectivity index (χ4v) is 5.93. The monoisotopic (exact) mass is 585 g/mol. The number of nitrogens with one attached hydrogen (secondary N) is 1. The Morgan fingerprint density at radius 3 is 2.30 bits per heavy atom. The number of hydrogen-bond acceptors (Lipinski definition) is 7. The van der Waals surface area contributed by atoms with E-state index in [-0.39, 0.29) is 24.8 Å². The SMILES string of the molecule is COC(=O)N(Cc1cccc(-c2ccc(N3CCN(C)CC3)c(NC(=O)OCc3ccccc3)c2)c1)C1CCC(N)CC1. The maximum absolute atomic E-state index is 12.9. The number of rotatable bonds is 8. The first-order valence-electron chi connectivity index (χ1n) is 15.1. The number of piperazine rings is 1. The number of benzene rings is 3. The van der Waals surface area contributed by atoms with Crippen LogP contribution in [0, 0.1) is 0 Å². The zero-order chi connectivity index (χ0) is 30.2. The molecular formula is C34H43N5O4. The predicted octanol–water partition coefficient (Wildman–Crippen LogP) is 5.69. The molecule has 1 saturated heterocycles. The summed E-state index contributed by atoms with van der Waals surface area (Å²) >= 11 is 0. The summed E-state index contributed by atoms with van der Waals surface area (Å²) in [7, 11) is 3.56. The average molecular weight is 586 g/mol. The van der Waals surface area contributed by atoms with Gasteiger partial charge in [0.2, 0.25) is 0 Å². The zero-order valence-electron chi connectivity index (χ0n) is 25.2. The van der Waals surface area contributed by atoms with Gasteiger partial charge in [-0.3, -0.25) is 5.32 Å². The van der Waals surface area contributed by atoms with Crippen molar-refractivity contribution in [2.45, 2.75) is 50.9 Å². The standard InChI is InChI=1S/C34H43N5O4/c1-37-17-19-38(20-18-37)32-16-11-28(22-31(32)36-33(40)43-24-25-7-4-3-5-8-25)27-10-6-9-26(21-27)23-39(34(41)42-2)30-14-12-29(35)13-15-30/h3-11,16,21-22,29-30H,12-15,17-20,23-24,35H2,1-2H3,(H,36,40). The van der Waals surface area contributed by atoms with Gasteiger partial charge >= 0.3 is 12.2 Å². The first-order chi connectivity index (χ1) is 20.9. The van der Waals surface area contributed by atoms with Crippen molar-refractivity contribution in [2.24, 2.45) is 5.73 Å². The lowest BCUT2D eigenvalue weighted by Gasteiger charge is -2.35. The normalized spacial score (nSPS) is 19.0. The van der Waals surface area contributed by atoms with Gasteiger partial charge in [-0.1, -0.05) is 54.6 Å². The molecule has 1 saturated carbocycles. The minimum atomic E-state index is -0.494. The van der Waals surface area contributed by atoms with Crippen molar-refractivity contribution < 1.29 is 19.1 Å². The van der Waals surface area contributed by atoms with Gasteiger partial charge in [0.15, 0.2) is 0 Å². The number of carbonyl (C=O) groups is 2. The third-order valence-electron chi connectivity index (χ3n) is 8.49. The Labute approximate surface area is 254 Å². The summed E-state index contributed by atoms with van der Waals surface area (Å²) in [6, 6.07) is 24.3. The Balaban J connectivity index is 1.37. The number of carbonyl (C=O) groups excluding carboxylic acids is 2. The van der Waals surface area contributed by atoms with Crippen LogP contribution in [0.15, 0.2) is 72.8 Å². The highest BCUT2D eigenvalue weighted by atomic mass is 16.5. The van der Waals surface area contributed by atoms with E-state index in [1.54, 1.807) is 0 Å². The van der Waals surface area contributed by atoms with E-state index in [4.69, 9.17) is 15.2 Å². The lowest BCUT2D eigenvalue weighted by atomic mass is 9.90. The van der Waals surface area contributed by atoms with Gasteiger partial charge in [-0.2, -0.15) is 0 Å². The van der Waals surface area contributed by atoms with Crippen LogP contribution in [-0.2, 0) is 22.6 Å². The summed E-state index contributed by atoms with van der Waals surface area (Å²) in [5.41, 5.74) is 11.7. The molecule has 0 radical (unpaired) electrons. The molecule has 2 amide bonds. The van der Waals surface area contributed by atoms with E-state index in [1.807, 2.05) is 59.5 Å². The summed E-state index contributed by atoms with van der Waals surface area (Å²) in [5.74, 6) is 0. The van der Waals surface area contributed by atoms with Crippen LogP contribution in [0.1, 0.15) is 36.8 Å². The molecule has 2 fully saturated rings. The van der Waals surface area contributed by atoms with Crippen molar-refractivity contribution in [3.8, 4) is 11.1 Å². The Kier molecular flexibility index (Phi) is 10.2. The fraction of sp³-hybridized carbons (Fsp3) is 0.412. The zero-order valence-corrected chi connectivity index (χ0v) is 25.2. The van der Waals surface area contributed by atoms with Gasteiger partial charge in [0, 0.05) is 44.8 Å². The Morgan fingerprint density at radius 1 is 0.884 bits per heavy atom. The van der Waals surface area contributed by atoms with Gasteiger partial charge in [0.1, 0.15) is 6.61 Å². The fourth-order valence-electron chi connectivity index (χ4n) is 5.93. The molecule has 9 nitrogen and oxygen atoms in total. The molecule has 1 heterocycles. The molecule has 3 aromatic rings. The highest BCUT2D eigenvalue weighted by molar-refractivity contribution is 5.91. The number of nitrogens with two attached hydrogens (primary N) is 1. The van der Waals surface area contributed by atoms with E-state index in [2.05, 4.69) is 40.4 Å². The molecule has 0 unspecified atom stereocenters. The van der Waals surface area contributed by atoms with Crippen molar-refractivity contribution in [1.82, 2.24) is 9.80 Å².